The second-order valence-corrected chi connectivity index (χ2v) is 5.41. The summed E-state index contributed by atoms with van der Waals surface area (Å²) in [5.74, 6) is 1.26. The Bertz CT molecular complexity index is 644. The van der Waals surface area contributed by atoms with Crippen LogP contribution in [0.25, 0.3) is 0 Å². The van der Waals surface area contributed by atoms with Crippen LogP contribution in [-0.4, -0.2) is 49.8 Å². The quantitative estimate of drug-likeness (QED) is 0.641. The monoisotopic (exact) mass is 344 g/mol. The van der Waals surface area contributed by atoms with Gasteiger partial charge in [-0.3, -0.25) is 4.79 Å². The van der Waals surface area contributed by atoms with Crippen LogP contribution in [0.15, 0.2) is 36.7 Å². The third kappa shape index (κ3) is 6.39. The molecule has 2 aromatic rings. The van der Waals surface area contributed by atoms with Gasteiger partial charge in [-0.15, -0.1) is 0 Å². The normalized spacial score (nSPS) is 10.3. The standard InChI is InChI=1S/C18H24N4O3/c1-24-11-3-9-20-18(23)16-12-22-17(13-21-16)19-10-8-14-4-6-15(25-2)7-5-14/h4-7,12-13H,3,8-11H2,1-2H3,(H,19,22)(H,20,23). The number of carbonyl (C=O) groups is 1. The molecule has 0 saturated carbocycles. The van der Waals surface area contributed by atoms with Crippen LogP contribution in [0.4, 0.5) is 5.82 Å². The minimum Gasteiger partial charge on any atom is -0.497 e. The van der Waals surface area contributed by atoms with Crippen molar-refractivity contribution in [2.45, 2.75) is 12.8 Å². The first-order valence-corrected chi connectivity index (χ1v) is 8.19. The van der Waals surface area contributed by atoms with Gasteiger partial charge in [-0.2, -0.15) is 0 Å². The van der Waals surface area contributed by atoms with Gasteiger partial charge in [0, 0.05) is 26.8 Å². The molecule has 1 aromatic carbocycles. The van der Waals surface area contributed by atoms with E-state index in [1.807, 2.05) is 24.3 Å². The minimum absolute atomic E-state index is 0.228. The molecule has 2 N–H and O–H groups in total. The molecule has 0 aliphatic carbocycles. The van der Waals surface area contributed by atoms with Crippen molar-refractivity contribution in [3.8, 4) is 5.75 Å². The topological polar surface area (TPSA) is 85.4 Å². The molecule has 0 aliphatic rings. The molecule has 2 rings (SSSR count). The Morgan fingerprint density at radius 3 is 2.52 bits per heavy atom. The summed E-state index contributed by atoms with van der Waals surface area (Å²) in [6.07, 6.45) is 4.66. The summed E-state index contributed by atoms with van der Waals surface area (Å²) in [5, 5.41) is 5.97. The van der Waals surface area contributed by atoms with E-state index in [2.05, 4.69) is 20.6 Å². The van der Waals surface area contributed by atoms with E-state index in [4.69, 9.17) is 9.47 Å². The van der Waals surface area contributed by atoms with E-state index >= 15 is 0 Å². The van der Waals surface area contributed by atoms with Crippen molar-refractivity contribution >= 4 is 11.7 Å². The Labute approximate surface area is 147 Å². The van der Waals surface area contributed by atoms with Crippen LogP contribution < -0.4 is 15.4 Å². The molecule has 1 heterocycles. The van der Waals surface area contributed by atoms with Crippen molar-refractivity contribution < 1.29 is 14.3 Å². The number of amides is 1. The van der Waals surface area contributed by atoms with Gasteiger partial charge in [-0.05, 0) is 30.5 Å². The van der Waals surface area contributed by atoms with E-state index < -0.39 is 0 Å². The molecular formula is C18H24N4O3. The fraction of sp³-hybridized carbons (Fsp3) is 0.389. The van der Waals surface area contributed by atoms with E-state index in [9.17, 15) is 4.79 Å². The highest BCUT2D eigenvalue weighted by Gasteiger charge is 2.07. The Balaban J connectivity index is 1.74. The highest BCUT2D eigenvalue weighted by atomic mass is 16.5. The van der Waals surface area contributed by atoms with Crippen LogP contribution in [0.2, 0.25) is 0 Å². The van der Waals surface area contributed by atoms with Gasteiger partial charge in [0.25, 0.3) is 5.91 Å². The zero-order valence-electron chi connectivity index (χ0n) is 14.6. The summed E-state index contributed by atoms with van der Waals surface area (Å²) in [6.45, 7) is 1.89. The molecule has 1 aromatic heterocycles. The lowest BCUT2D eigenvalue weighted by Crippen LogP contribution is -2.26. The number of hydrogen-bond donors (Lipinski definition) is 2. The summed E-state index contributed by atoms with van der Waals surface area (Å²) in [4.78, 5) is 20.3. The van der Waals surface area contributed by atoms with Crippen LogP contribution in [-0.2, 0) is 11.2 Å². The molecule has 0 bridgehead atoms. The molecule has 0 spiro atoms. The van der Waals surface area contributed by atoms with Gasteiger partial charge >= 0.3 is 0 Å². The number of nitrogens with zero attached hydrogens (tertiary/aromatic N) is 2. The first-order valence-electron chi connectivity index (χ1n) is 8.19. The summed E-state index contributed by atoms with van der Waals surface area (Å²) in [5.41, 5.74) is 1.51. The van der Waals surface area contributed by atoms with Crippen LogP contribution in [0, 0.1) is 0 Å². The highest BCUT2D eigenvalue weighted by Crippen LogP contribution is 2.11. The Kier molecular flexibility index (Phi) is 7.65. The number of nitrogens with one attached hydrogen (secondary N) is 2. The molecule has 1 amide bonds. The van der Waals surface area contributed by atoms with E-state index in [1.165, 1.54) is 11.8 Å². The van der Waals surface area contributed by atoms with Crippen molar-refractivity contribution in [3.05, 3.63) is 47.9 Å². The molecule has 0 radical (unpaired) electrons. The maximum Gasteiger partial charge on any atom is 0.271 e. The lowest BCUT2D eigenvalue weighted by molar-refractivity contribution is 0.0943. The van der Waals surface area contributed by atoms with Crippen LogP contribution in [0.3, 0.4) is 0 Å². The van der Waals surface area contributed by atoms with Crippen molar-refractivity contribution in [2.24, 2.45) is 0 Å². The number of benzene rings is 1. The maximum atomic E-state index is 11.9. The fourth-order valence-corrected chi connectivity index (χ4v) is 2.17. The van der Waals surface area contributed by atoms with Gasteiger partial charge in [0.05, 0.1) is 19.5 Å². The van der Waals surface area contributed by atoms with E-state index in [-0.39, 0.29) is 5.91 Å². The molecule has 7 heteroatoms. The van der Waals surface area contributed by atoms with Crippen LogP contribution in [0.5, 0.6) is 5.75 Å². The van der Waals surface area contributed by atoms with Crippen molar-refractivity contribution in [2.75, 3.05) is 39.2 Å². The number of aromatic nitrogens is 2. The third-order valence-corrected chi connectivity index (χ3v) is 3.57. The number of ether oxygens (including phenoxy) is 2. The number of rotatable bonds is 10. The SMILES string of the molecule is COCCCNC(=O)c1cnc(NCCc2ccc(OC)cc2)cn1. The number of carbonyl (C=O) groups excluding carboxylic acids is 1. The third-order valence-electron chi connectivity index (χ3n) is 3.57. The number of methoxy groups -OCH3 is 2. The van der Waals surface area contributed by atoms with E-state index in [1.54, 1.807) is 20.4 Å². The zero-order chi connectivity index (χ0) is 17.9. The largest absolute Gasteiger partial charge is 0.497 e. The fourth-order valence-electron chi connectivity index (χ4n) is 2.17. The zero-order valence-corrected chi connectivity index (χ0v) is 14.6. The van der Waals surface area contributed by atoms with Gasteiger partial charge < -0.3 is 20.1 Å². The Morgan fingerprint density at radius 2 is 1.88 bits per heavy atom. The molecule has 0 aliphatic heterocycles. The van der Waals surface area contributed by atoms with E-state index in [0.29, 0.717) is 24.7 Å². The smallest absolute Gasteiger partial charge is 0.271 e. The molecular weight excluding hydrogens is 320 g/mol. The second-order valence-electron chi connectivity index (χ2n) is 5.41. The average molecular weight is 344 g/mol. The Morgan fingerprint density at radius 1 is 1.08 bits per heavy atom. The van der Waals surface area contributed by atoms with E-state index in [0.717, 1.165) is 25.1 Å². The van der Waals surface area contributed by atoms with Crippen molar-refractivity contribution in [1.82, 2.24) is 15.3 Å². The van der Waals surface area contributed by atoms with Crippen molar-refractivity contribution in [3.63, 3.8) is 0 Å². The number of hydrogen-bond acceptors (Lipinski definition) is 6. The molecule has 25 heavy (non-hydrogen) atoms. The van der Waals surface area contributed by atoms with Gasteiger partial charge in [0.1, 0.15) is 17.3 Å². The van der Waals surface area contributed by atoms with Gasteiger partial charge in [0.15, 0.2) is 0 Å². The lowest BCUT2D eigenvalue weighted by Gasteiger charge is -2.07. The predicted octanol–water partition coefficient (Wildman–Crippen LogP) is 1.91. The lowest BCUT2D eigenvalue weighted by atomic mass is 10.1. The summed E-state index contributed by atoms with van der Waals surface area (Å²) < 4.78 is 10.1. The molecule has 0 unspecified atom stereocenters. The van der Waals surface area contributed by atoms with Crippen molar-refractivity contribution in [1.29, 1.82) is 0 Å². The minimum atomic E-state index is -0.228. The molecule has 7 nitrogen and oxygen atoms in total. The molecule has 0 atom stereocenters. The van der Waals surface area contributed by atoms with Gasteiger partial charge in [-0.25, -0.2) is 9.97 Å². The first kappa shape index (κ1) is 18.7. The second kappa shape index (κ2) is 10.2. The predicted molar refractivity (Wildman–Crippen MR) is 96.0 cm³/mol. The van der Waals surface area contributed by atoms with Gasteiger partial charge in [-0.1, -0.05) is 12.1 Å². The maximum absolute atomic E-state index is 11.9. The summed E-state index contributed by atoms with van der Waals surface area (Å²) in [7, 11) is 3.28. The first-order chi connectivity index (χ1) is 12.2. The number of anilines is 1. The summed E-state index contributed by atoms with van der Waals surface area (Å²) >= 11 is 0. The molecule has 134 valence electrons. The average Bonchev–Trinajstić information content (AvgIpc) is 2.66. The van der Waals surface area contributed by atoms with Gasteiger partial charge in [0.2, 0.25) is 0 Å². The highest BCUT2D eigenvalue weighted by molar-refractivity contribution is 5.91. The van der Waals surface area contributed by atoms with Crippen LogP contribution in [0.1, 0.15) is 22.5 Å². The van der Waals surface area contributed by atoms with Crippen LogP contribution >= 0.6 is 0 Å². The molecule has 0 saturated heterocycles. The Hall–Kier alpha value is -2.67. The summed E-state index contributed by atoms with van der Waals surface area (Å²) in [6, 6.07) is 7.94. The molecule has 0 fully saturated rings.